The fourth-order valence-corrected chi connectivity index (χ4v) is 10.2. The smallest absolute Gasteiger partial charge is 0.261 e. The molecule has 180 valence electrons. The van der Waals surface area contributed by atoms with Gasteiger partial charge in [-0.2, -0.15) is 0 Å². The van der Waals surface area contributed by atoms with Crippen LogP contribution in [0.2, 0.25) is 5.04 Å². The minimum absolute atomic E-state index is 0.0155. The lowest BCUT2D eigenvalue weighted by Gasteiger charge is -2.46. The van der Waals surface area contributed by atoms with Gasteiger partial charge in [0.15, 0.2) is 0 Å². The first-order chi connectivity index (χ1) is 16.1. The summed E-state index contributed by atoms with van der Waals surface area (Å²) in [5.41, 5.74) is 9.68. The molecule has 4 heteroatoms. The molecule has 0 radical (unpaired) electrons. The summed E-state index contributed by atoms with van der Waals surface area (Å²) in [6.07, 6.45) is 2.08. The molecule has 0 spiro atoms. The highest BCUT2D eigenvalue weighted by Crippen LogP contribution is 2.37. The topological polar surface area (TPSA) is 38.5 Å². The van der Waals surface area contributed by atoms with Gasteiger partial charge in [0.1, 0.15) is 0 Å². The molecule has 3 aromatic carbocycles. The zero-order valence-corrected chi connectivity index (χ0v) is 22.5. The molecule has 0 saturated carbocycles. The third kappa shape index (κ3) is 4.86. The molecule has 0 aromatic heterocycles. The fraction of sp³-hybridized carbons (Fsp3) is 0.400. The van der Waals surface area contributed by atoms with Crippen molar-refractivity contribution in [3.05, 3.63) is 90.0 Å². The van der Waals surface area contributed by atoms with Crippen LogP contribution in [0.3, 0.4) is 0 Å². The summed E-state index contributed by atoms with van der Waals surface area (Å²) in [7, 11) is -2.55. The first-order valence-electron chi connectivity index (χ1n) is 12.5. The average Bonchev–Trinajstić information content (AvgIpc) is 3.03. The number of nitrogens with zero attached hydrogens (tertiary/aromatic N) is 1. The van der Waals surface area contributed by atoms with E-state index in [2.05, 4.69) is 112 Å². The molecule has 0 amide bonds. The van der Waals surface area contributed by atoms with E-state index in [4.69, 9.17) is 10.2 Å². The van der Waals surface area contributed by atoms with Gasteiger partial charge < -0.3 is 10.2 Å². The van der Waals surface area contributed by atoms with Gasteiger partial charge in [0, 0.05) is 24.3 Å². The Hall–Kier alpha value is -2.40. The Balaban J connectivity index is 1.64. The van der Waals surface area contributed by atoms with Gasteiger partial charge in [-0.3, -0.25) is 4.90 Å². The Morgan fingerprint density at radius 1 is 0.765 bits per heavy atom. The van der Waals surface area contributed by atoms with Gasteiger partial charge in [-0.1, -0.05) is 87.5 Å². The Morgan fingerprint density at radius 2 is 1.29 bits per heavy atom. The van der Waals surface area contributed by atoms with Crippen LogP contribution < -0.4 is 16.1 Å². The number of fused-ring (bicyclic) bond motifs is 1. The van der Waals surface area contributed by atoms with Crippen molar-refractivity contribution in [1.82, 2.24) is 4.90 Å². The third-order valence-corrected chi connectivity index (χ3v) is 12.4. The van der Waals surface area contributed by atoms with Gasteiger partial charge in [0.25, 0.3) is 8.32 Å². The van der Waals surface area contributed by atoms with Gasteiger partial charge >= 0.3 is 0 Å². The van der Waals surface area contributed by atoms with E-state index in [1.54, 1.807) is 0 Å². The molecule has 0 fully saturated rings. The number of nitrogens with two attached hydrogens (primary N) is 1. The number of anilines is 1. The summed E-state index contributed by atoms with van der Waals surface area (Å²) in [5, 5.41) is 2.66. The third-order valence-electron chi connectivity index (χ3n) is 7.45. The standard InChI is InChI=1S/C30H40N2OSi/c1-29(2,3)34(27-12-8-6-9-13-27,28-14-10-7-11-15-28)33-23-30(4,5)32-20-18-24-16-17-26(31)22-25(24)19-21-32/h6-17,22H,18-21,23,31H2,1-5H3. The van der Waals surface area contributed by atoms with Crippen molar-refractivity contribution in [2.45, 2.75) is 58.0 Å². The van der Waals surface area contributed by atoms with Crippen LogP contribution in [0.5, 0.6) is 0 Å². The predicted octanol–water partition coefficient (Wildman–Crippen LogP) is 5.02. The van der Waals surface area contributed by atoms with Crippen molar-refractivity contribution in [2.24, 2.45) is 0 Å². The lowest BCUT2D eigenvalue weighted by molar-refractivity contribution is 0.0671. The highest BCUT2D eigenvalue weighted by Gasteiger charge is 2.51. The summed E-state index contributed by atoms with van der Waals surface area (Å²) in [5.74, 6) is 0. The highest BCUT2D eigenvalue weighted by molar-refractivity contribution is 6.99. The van der Waals surface area contributed by atoms with Crippen molar-refractivity contribution in [1.29, 1.82) is 0 Å². The lowest BCUT2D eigenvalue weighted by atomic mass is 10.0. The number of rotatable bonds is 6. The van der Waals surface area contributed by atoms with Crippen LogP contribution in [0.15, 0.2) is 78.9 Å². The Labute approximate surface area is 207 Å². The summed E-state index contributed by atoms with van der Waals surface area (Å²) < 4.78 is 7.30. The molecule has 0 aliphatic carbocycles. The Kier molecular flexibility index (Phi) is 7.04. The molecule has 1 heterocycles. The van der Waals surface area contributed by atoms with E-state index in [9.17, 15) is 0 Å². The molecule has 1 aliphatic rings. The Bertz CT molecular complexity index is 1050. The maximum Gasteiger partial charge on any atom is 0.261 e. The van der Waals surface area contributed by atoms with Crippen LogP contribution >= 0.6 is 0 Å². The maximum atomic E-state index is 7.30. The molecule has 0 saturated heterocycles. The lowest BCUT2D eigenvalue weighted by Crippen LogP contribution is -2.68. The number of hydrogen-bond acceptors (Lipinski definition) is 3. The van der Waals surface area contributed by atoms with Crippen LogP contribution in [0.1, 0.15) is 45.7 Å². The van der Waals surface area contributed by atoms with Crippen LogP contribution in [0, 0.1) is 0 Å². The number of hydrogen-bond donors (Lipinski definition) is 1. The Morgan fingerprint density at radius 3 is 1.82 bits per heavy atom. The second-order valence-corrected chi connectivity index (χ2v) is 15.6. The molecular weight excluding hydrogens is 432 g/mol. The minimum Gasteiger partial charge on any atom is -0.406 e. The molecule has 34 heavy (non-hydrogen) atoms. The molecule has 3 aromatic rings. The first-order valence-corrected chi connectivity index (χ1v) is 14.4. The molecule has 2 N–H and O–H groups in total. The van der Waals surface area contributed by atoms with Crippen LogP contribution in [0.25, 0.3) is 0 Å². The van der Waals surface area contributed by atoms with E-state index in [0.717, 1.165) is 31.6 Å². The van der Waals surface area contributed by atoms with Crippen LogP contribution in [-0.2, 0) is 17.3 Å². The van der Waals surface area contributed by atoms with E-state index in [1.165, 1.54) is 21.5 Å². The van der Waals surface area contributed by atoms with E-state index in [0.29, 0.717) is 6.61 Å². The van der Waals surface area contributed by atoms with Crippen molar-refractivity contribution >= 4 is 24.4 Å². The van der Waals surface area contributed by atoms with Crippen LogP contribution in [-0.4, -0.2) is 38.5 Å². The van der Waals surface area contributed by atoms with Crippen LogP contribution in [0.4, 0.5) is 5.69 Å². The summed E-state index contributed by atoms with van der Waals surface area (Å²) in [4.78, 5) is 2.61. The number of benzene rings is 3. The molecule has 0 unspecified atom stereocenters. The van der Waals surface area contributed by atoms with E-state index in [-0.39, 0.29) is 10.6 Å². The fourth-order valence-electron chi connectivity index (χ4n) is 5.49. The molecule has 3 nitrogen and oxygen atoms in total. The van der Waals surface area contributed by atoms with Crippen molar-refractivity contribution < 1.29 is 4.43 Å². The SMILES string of the molecule is CC(C)(CO[Si](c1ccccc1)(c1ccccc1)C(C)(C)C)N1CCc2ccc(N)cc2CC1. The van der Waals surface area contributed by atoms with Crippen molar-refractivity contribution in [2.75, 3.05) is 25.4 Å². The van der Waals surface area contributed by atoms with Gasteiger partial charge in [0.05, 0.1) is 6.61 Å². The maximum absolute atomic E-state index is 7.30. The zero-order valence-electron chi connectivity index (χ0n) is 21.5. The number of nitrogen functional groups attached to an aromatic ring is 1. The van der Waals surface area contributed by atoms with Gasteiger partial charge in [0.2, 0.25) is 0 Å². The van der Waals surface area contributed by atoms with Gasteiger partial charge in [-0.05, 0) is 65.4 Å². The van der Waals surface area contributed by atoms with E-state index in [1.807, 2.05) is 6.07 Å². The largest absolute Gasteiger partial charge is 0.406 e. The first kappa shape index (κ1) is 24.7. The second kappa shape index (κ2) is 9.69. The molecule has 4 rings (SSSR count). The summed E-state index contributed by atoms with van der Waals surface area (Å²) in [6, 6.07) is 28.3. The molecular formula is C30H40N2OSi. The summed E-state index contributed by atoms with van der Waals surface area (Å²) >= 11 is 0. The monoisotopic (exact) mass is 472 g/mol. The normalized spacial score (nSPS) is 15.6. The second-order valence-electron chi connectivity index (χ2n) is 11.3. The molecule has 1 aliphatic heterocycles. The van der Waals surface area contributed by atoms with Gasteiger partial charge in [-0.15, -0.1) is 0 Å². The van der Waals surface area contributed by atoms with Gasteiger partial charge in [-0.25, -0.2) is 0 Å². The van der Waals surface area contributed by atoms with Crippen molar-refractivity contribution in [3.8, 4) is 0 Å². The van der Waals surface area contributed by atoms with Crippen molar-refractivity contribution in [3.63, 3.8) is 0 Å². The predicted molar refractivity (Wildman–Crippen MR) is 147 cm³/mol. The average molecular weight is 473 g/mol. The van der Waals surface area contributed by atoms with E-state index < -0.39 is 8.32 Å². The quantitative estimate of drug-likeness (QED) is 0.404. The molecule has 0 bridgehead atoms. The summed E-state index contributed by atoms with van der Waals surface area (Å²) in [6.45, 7) is 14.5. The molecule has 0 atom stereocenters. The van der Waals surface area contributed by atoms with E-state index >= 15 is 0 Å². The zero-order chi connectivity index (χ0) is 24.4. The minimum atomic E-state index is -2.55. The highest BCUT2D eigenvalue weighted by atomic mass is 28.4.